The van der Waals surface area contributed by atoms with Crippen LogP contribution in [0.25, 0.3) is 16.9 Å². The fourth-order valence-electron chi connectivity index (χ4n) is 4.89. The monoisotopic (exact) mass is 564 g/mol. The molecule has 0 amide bonds. The normalized spacial score (nSPS) is 14.9. The number of ketones is 1. The lowest BCUT2D eigenvalue weighted by atomic mass is 10.1. The zero-order chi connectivity index (χ0) is 29.1. The van der Waals surface area contributed by atoms with E-state index in [1.807, 2.05) is 6.20 Å². The largest absolute Gasteiger partial charge is 0.416 e. The number of hydrogen-bond acceptors (Lipinski definition) is 8. The second kappa shape index (κ2) is 11.7. The molecule has 1 aliphatic heterocycles. The van der Waals surface area contributed by atoms with E-state index in [1.54, 1.807) is 30.1 Å². The third-order valence-electron chi connectivity index (χ3n) is 7.24. The number of halogens is 3. The summed E-state index contributed by atoms with van der Waals surface area (Å²) >= 11 is 0. The smallest absolute Gasteiger partial charge is 0.369 e. The number of rotatable bonds is 7. The zero-order valence-electron chi connectivity index (χ0n) is 23.1. The third-order valence-corrected chi connectivity index (χ3v) is 7.24. The third kappa shape index (κ3) is 6.59. The molecule has 0 radical (unpaired) electrons. The van der Waals surface area contributed by atoms with Crippen LogP contribution in [-0.2, 0) is 12.6 Å². The average Bonchev–Trinajstić information content (AvgIpc) is 3.30. The summed E-state index contributed by atoms with van der Waals surface area (Å²) in [5.41, 5.74) is 3.10. The van der Waals surface area contributed by atoms with Gasteiger partial charge in [0.25, 0.3) is 0 Å². The molecular formula is C29H31F3N8O. The summed E-state index contributed by atoms with van der Waals surface area (Å²) in [5, 5.41) is 8.63. The number of pyridine rings is 3. The van der Waals surface area contributed by atoms with E-state index >= 15 is 0 Å². The molecule has 1 aliphatic rings. The Hall–Kier alpha value is -4.19. The summed E-state index contributed by atoms with van der Waals surface area (Å²) in [6.45, 7) is 10.2. The molecule has 9 nitrogen and oxygen atoms in total. The van der Waals surface area contributed by atoms with Gasteiger partial charge in [0, 0.05) is 62.8 Å². The molecule has 0 atom stereocenters. The van der Waals surface area contributed by atoms with Gasteiger partial charge in [-0.05, 0) is 57.0 Å². The first-order chi connectivity index (χ1) is 19.6. The number of carbonyl (C=O) groups excluding carboxylic acids is 1. The van der Waals surface area contributed by atoms with Crippen LogP contribution in [0.1, 0.15) is 47.6 Å². The van der Waals surface area contributed by atoms with Crippen molar-refractivity contribution in [3.8, 4) is 16.9 Å². The molecule has 0 aromatic carbocycles. The van der Waals surface area contributed by atoms with Crippen molar-refractivity contribution in [2.45, 2.75) is 45.8 Å². The van der Waals surface area contributed by atoms with Crippen LogP contribution in [0.5, 0.6) is 0 Å². The number of aromatic nitrogens is 6. The summed E-state index contributed by atoms with van der Waals surface area (Å²) in [5.74, 6) is -0.542. The van der Waals surface area contributed by atoms with Crippen molar-refractivity contribution in [2.75, 3.05) is 31.1 Å². The molecular weight excluding hydrogens is 533 g/mol. The van der Waals surface area contributed by atoms with E-state index in [9.17, 15) is 18.0 Å². The fourth-order valence-corrected chi connectivity index (χ4v) is 4.89. The van der Waals surface area contributed by atoms with Crippen molar-refractivity contribution in [1.29, 1.82) is 0 Å². The molecule has 0 bridgehead atoms. The number of aryl methyl sites for hydroxylation is 1. The number of nitrogens with zero attached hydrogens (tertiary/aromatic N) is 8. The van der Waals surface area contributed by atoms with Gasteiger partial charge in [0.05, 0.1) is 35.0 Å². The number of anilines is 1. The SMILES string of the molecule is Cc1ncc(CC(=O)c2cc(C(F)(F)F)ccn2)cc1-n1cc(-c2cncc(N3CCCN(C(C)C)CC3)c2)nn1. The van der Waals surface area contributed by atoms with Crippen molar-refractivity contribution < 1.29 is 18.0 Å². The predicted octanol–water partition coefficient (Wildman–Crippen LogP) is 4.79. The van der Waals surface area contributed by atoms with E-state index in [1.165, 1.54) is 6.20 Å². The predicted molar refractivity (Wildman–Crippen MR) is 148 cm³/mol. The first-order valence-corrected chi connectivity index (χ1v) is 13.5. The van der Waals surface area contributed by atoms with Crippen LogP contribution < -0.4 is 4.90 Å². The topological polar surface area (TPSA) is 92.9 Å². The minimum absolute atomic E-state index is 0.161. The average molecular weight is 565 g/mol. The van der Waals surface area contributed by atoms with Crippen molar-refractivity contribution in [3.63, 3.8) is 0 Å². The van der Waals surface area contributed by atoms with Crippen LogP contribution in [0, 0.1) is 6.92 Å². The van der Waals surface area contributed by atoms with E-state index in [4.69, 9.17) is 0 Å². The number of alkyl halides is 3. The van der Waals surface area contributed by atoms with Gasteiger partial charge in [0.1, 0.15) is 11.4 Å². The molecule has 0 saturated carbocycles. The van der Waals surface area contributed by atoms with Crippen molar-refractivity contribution in [1.82, 2.24) is 34.8 Å². The molecule has 1 saturated heterocycles. The van der Waals surface area contributed by atoms with Crippen LogP contribution >= 0.6 is 0 Å². The quantitative estimate of drug-likeness (QED) is 0.296. The standard InChI is InChI=1S/C29H31F3N8O/c1-19(2)38-7-4-8-39(10-9-38)24-13-22(16-33-17-24)26-18-40(37-36-26)27-11-21(15-35-20(27)3)12-28(41)25-14-23(5-6-34-25)29(30,31)32/h5-6,11,13-19H,4,7-10,12H2,1-3H3. The molecule has 0 N–H and O–H groups in total. The Kier molecular flexibility index (Phi) is 8.11. The molecule has 5 rings (SSSR count). The summed E-state index contributed by atoms with van der Waals surface area (Å²) in [4.78, 5) is 30.2. The molecule has 41 heavy (non-hydrogen) atoms. The lowest BCUT2D eigenvalue weighted by molar-refractivity contribution is -0.137. The molecule has 214 valence electrons. The van der Waals surface area contributed by atoms with Gasteiger partial charge < -0.3 is 4.90 Å². The van der Waals surface area contributed by atoms with Crippen LogP contribution in [0.4, 0.5) is 18.9 Å². The van der Waals surface area contributed by atoms with Crippen LogP contribution in [0.3, 0.4) is 0 Å². The summed E-state index contributed by atoms with van der Waals surface area (Å²) in [6.07, 6.45) is 4.26. The van der Waals surface area contributed by atoms with Gasteiger partial charge in [0.2, 0.25) is 0 Å². The molecule has 0 spiro atoms. The van der Waals surface area contributed by atoms with Gasteiger partial charge in [-0.3, -0.25) is 24.6 Å². The van der Waals surface area contributed by atoms with Gasteiger partial charge in [-0.25, -0.2) is 4.68 Å². The fraction of sp³-hybridized carbons (Fsp3) is 0.379. The highest BCUT2D eigenvalue weighted by molar-refractivity contribution is 5.95. The van der Waals surface area contributed by atoms with Crippen molar-refractivity contribution >= 4 is 11.5 Å². The molecule has 5 heterocycles. The van der Waals surface area contributed by atoms with E-state index in [0.29, 0.717) is 28.7 Å². The highest BCUT2D eigenvalue weighted by atomic mass is 19.4. The Balaban J connectivity index is 1.34. The second-order valence-electron chi connectivity index (χ2n) is 10.4. The van der Waals surface area contributed by atoms with E-state index < -0.39 is 17.5 Å². The van der Waals surface area contributed by atoms with Crippen LogP contribution in [0.2, 0.25) is 0 Å². The molecule has 4 aromatic rings. The van der Waals surface area contributed by atoms with E-state index in [0.717, 1.165) is 62.2 Å². The second-order valence-corrected chi connectivity index (χ2v) is 10.4. The van der Waals surface area contributed by atoms with E-state index in [2.05, 4.69) is 55.0 Å². The number of hydrogen-bond donors (Lipinski definition) is 0. The Labute approximate surface area is 236 Å². The van der Waals surface area contributed by atoms with Gasteiger partial charge in [0.15, 0.2) is 5.78 Å². The maximum atomic E-state index is 13.1. The van der Waals surface area contributed by atoms with Crippen molar-refractivity contribution in [2.24, 2.45) is 0 Å². The molecule has 0 aliphatic carbocycles. The Morgan fingerprint density at radius 3 is 2.63 bits per heavy atom. The minimum atomic E-state index is -4.56. The van der Waals surface area contributed by atoms with Gasteiger partial charge in [-0.1, -0.05) is 5.21 Å². The lowest BCUT2D eigenvalue weighted by Gasteiger charge is -2.25. The summed E-state index contributed by atoms with van der Waals surface area (Å²) in [7, 11) is 0. The first-order valence-electron chi connectivity index (χ1n) is 13.5. The highest BCUT2D eigenvalue weighted by Crippen LogP contribution is 2.29. The molecule has 4 aromatic heterocycles. The Morgan fingerprint density at radius 2 is 1.85 bits per heavy atom. The first kappa shape index (κ1) is 28.3. The van der Waals surface area contributed by atoms with Crippen LogP contribution in [-0.4, -0.2) is 72.8 Å². The maximum Gasteiger partial charge on any atom is 0.416 e. The molecule has 0 unspecified atom stereocenters. The Morgan fingerprint density at radius 1 is 1.02 bits per heavy atom. The zero-order valence-corrected chi connectivity index (χ0v) is 23.1. The summed E-state index contributed by atoms with van der Waals surface area (Å²) < 4.78 is 40.8. The van der Waals surface area contributed by atoms with Crippen LogP contribution in [0.15, 0.2) is 55.2 Å². The van der Waals surface area contributed by atoms with Gasteiger partial charge in [-0.15, -0.1) is 5.10 Å². The molecule has 12 heteroatoms. The number of carbonyl (C=O) groups is 1. The maximum absolute atomic E-state index is 13.1. The lowest BCUT2D eigenvalue weighted by Crippen LogP contribution is -2.35. The molecule has 1 fully saturated rings. The Bertz CT molecular complexity index is 1530. The van der Waals surface area contributed by atoms with Gasteiger partial charge in [-0.2, -0.15) is 13.2 Å². The highest BCUT2D eigenvalue weighted by Gasteiger charge is 2.31. The summed E-state index contributed by atoms with van der Waals surface area (Å²) in [6, 6.07) is 5.92. The minimum Gasteiger partial charge on any atom is -0.369 e. The van der Waals surface area contributed by atoms with Crippen molar-refractivity contribution in [3.05, 3.63) is 77.8 Å². The van der Waals surface area contributed by atoms with E-state index in [-0.39, 0.29) is 12.1 Å². The number of Topliss-reactive ketones (excluding diaryl/α,β-unsaturated/α-hetero) is 1. The van der Waals surface area contributed by atoms with Gasteiger partial charge >= 0.3 is 6.18 Å².